The monoisotopic (exact) mass is 442 g/mol. The third kappa shape index (κ3) is 5.33. The molecule has 0 radical (unpaired) electrons. The Morgan fingerprint density at radius 1 is 0.375 bits per heavy atom. The maximum Gasteiger partial charge on any atom is 0.376 e. The van der Waals surface area contributed by atoms with Crippen molar-refractivity contribution in [3.05, 3.63) is 0 Å². The van der Waals surface area contributed by atoms with Crippen LogP contribution in [0.15, 0.2) is 0 Å². The van der Waals surface area contributed by atoms with E-state index in [9.17, 15) is 19.2 Å². The van der Waals surface area contributed by atoms with Crippen LogP contribution in [-0.2, 0) is 0 Å². The lowest BCUT2D eigenvalue weighted by molar-refractivity contribution is 0.313. The fourth-order valence-electron chi connectivity index (χ4n) is 5.44. The van der Waals surface area contributed by atoms with Gasteiger partial charge in [0, 0.05) is 32.3 Å². The second-order valence-corrected chi connectivity index (χ2v) is 45.0. The van der Waals surface area contributed by atoms with Crippen molar-refractivity contribution in [3.63, 3.8) is 0 Å². The topological polar surface area (TPSA) is 80.9 Å². The largest absolute Gasteiger partial charge is 0.410 e. The van der Waals surface area contributed by atoms with Crippen LogP contribution < -0.4 is 0 Å². The van der Waals surface area contributed by atoms with Gasteiger partial charge >= 0.3 is 16.2 Å². The van der Waals surface area contributed by atoms with E-state index in [2.05, 4.69) is 78.6 Å². The molecule has 0 rings (SSSR count). The van der Waals surface area contributed by atoms with Gasteiger partial charge in [0.25, 0.3) is 0 Å². The predicted molar refractivity (Wildman–Crippen MR) is 121 cm³/mol. The van der Waals surface area contributed by atoms with E-state index in [0.29, 0.717) is 0 Å². The second-order valence-electron chi connectivity index (χ2n) is 11.8. The van der Waals surface area contributed by atoms with Gasteiger partial charge in [-0.2, -0.15) is 0 Å². The van der Waals surface area contributed by atoms with Gasteiger partial charge < -0.3 is 19.2 Å². The summed E-state index contributed by atoms with van der Waals surface area (Å²) in [6.45, 7) is 25.7. The number of rotatable bonds is 7. The van der Waals surface area contributed by atoms with Gasteiger partial charge in [0.2, 0.25) is 0 Å². The van der Waals surface area contributed by atoms with Gasteiger partial charge in [0.05, 0.1) is 0 Å². The smallest absolute Gasteiger partial charge is 0.376 e. The summed E-state index contributed by atoms with van der Waals surface area (Å²) in [4.78, 5) is 45.3. The van der Waals surface area contributed by atoms with E-state index in [1.165, 1.54) is 0 Å². The minimum Gasteiger partial charge on any atom is -0.410 e. The second kappa shape index (κ2) is 6.95. The molecule has 0 aliphatic rings. The molecule has 0 saturated carbocycles. The highest BCUT2D eigenvalue weighted by Crippen LogP contribution is 2.47. The van der Waals surface area contributed by atoms with E-state index in [0.717, 1.165) is 0 Å². The maximum absolute atomic E-state index is 11.4. The molecule has 4 N–H and O–H groups in total. The first-order valence-electron chi connectivity index (χ1n) is 8.88. The van der Waals surface area contributed by atoms with Crippen molar-refractivity contribution in [1.29, 1.82) is 0 Å². The average Bonchev–Trinajstić information content (AvgIpc) is 2.02. The standard InChI is InChI=1S/C14H42O4Si6/c1-19(2,3)13(20(4,5)6)23(15,16)24(17,18)14(21(7,8)9)22(10,11)12/h13-18H,1-12H3. The van der Waals surface area contributed by atoms with Crippen molar-refractivity contribution in [2.45, 2.75) is 88.1 Å². The molecule has 146 valence electrons. The van der Waals surface area contributed by atoms with Crippen LogP contribution in [0.25, 0.3) is 0 Å². The van der Waals surface area contributed by atoms with Crippen LogP contribution in [0, 0.1) is 0 Å². The maximum atomic E-state index is 11.4. The lowest BCUT2D eigenvalue weighted by Crippen LogP contribution is -2.80. The zero-order valence-electron chi connectivity index (χ0n) is 17.9. The van der Waals surface area contributed by atoms with Crippen LogP contribution in [0.2, 0.25) is 88.1 Å². The zero-order chi connectivity index (χ0) is 20.2. The summed E-state index contributed by atoms with van der Waals surface area (Å²) < 4.78 is 0. The van der Waals surface area contributed by atoms with Gasteiger partial charge in [-0.25, -0.2) is 0 Å². The van der Waals surface area contributed by atoms with E-state index in [4.69, 9.17) is 0 Å². The fraction of sp³-hybridized carbons (Fsp3) is 1.00. The molecule has 0 amide bonds. The Labute approximate surface area is 155 Å². The van der Waals surface area contributed by atoms with Crippen molar-refractivity contribution >= 4 is 48.5 Å². The van der Waals surface area contributed by atoms with E-state index in [1.54, 1.807) is 0 Å². The predicted octanol–water partition coefficient (Wildman–Crippen LogP) is 3.17. The van der Waals surface area contributed by atoms with Crippen LogP contribution in [0.4, 0.5) is 0 Å². The average molecular weight is 443 g/mol. The third-order valence-corrected chi connectivity index (χ3v) is 48.5. The van der Waals surface area contributed by atoms with Crippen molar-refractivity contribution < 1.29 is 19.2 Å². The van der Waals surface area contributed by atoms with Gasteiger partial charge in [-0.3, -0.25) is 0 Å². The van der Waals surface area contributed by atoms with Crippen molar-refractivity contribution in [3.8, 4) is 0 Å². The summed E-state index contributed by atoms with van der Waals surface area (Å²) in [6.07, 6.45) is 0. The fourth-order valence-corrected chi connectivity index (χ4v) is 72.2. The van der Waals surface area contributed by atoms with Crippen molar-refractivity contribution in [2.24, 2.45) is 0 Å². The molecule has 24 heavy (non-hydrogen) atoms. The first kappa shape index (κ1) is 25.1. The van der Waals surface area contributed by atoms with E-state index in [-0.39, 0.29) is 9.58 Å². The van der Waals surface area contributed by atoms with Gasteiger partial charge in [-0.05, 0) is 9.58 Å². The molecular formula is C14H42O4Si6. The van der Waals surface area contributed by atoms with Crippen LogP contribution in [-0.4, -0.2) is 67.6 Å². The third-order valence-electron chi connectivity index (χ3n) is 4.81. The molecule has 0 bridgehead atoms. The number of hydrogen-bond acceptors (Lipinski definition) is 4. The van der Waals surface area contributed by atoms with Gasteiger partial charge in [0.1, 0.15) is 0 Å². The highest BCUT2D eigenvalue weighted by atomic mass is 29.3. The minimum absolute atomic E-state index is 0.241. The quantitative estimate of drug-likeness (QED) is 0.456. The van der Waals surface area contributed by atoms with Gasteiger partial charge in [-0.1, -0.05) is 78.6 Å². The lowest BCUT2D eigenvalue weighted by Gasteiger charge is -2.53. The van der Waals surface area contributed by atoms with Gasteiger partial charge in [-0.15, -0.1) is 0 Å². The number of hydrogen-bond donors (Lipinski definition) is 4. The summed E-state index contributed by atoms with van der Waals surface area (Å²) in [6, 6.07) is 0. The highest BCUT2D eigenvalue weighted by Gasteiger charge is 2.72. The summed E-state index contributed by atoms with van der Waals surface area (Å²) in [5, 5.41) is 0. The molecule has 0 aromatic heterocycles. The summed E-state index contributed by atoms with van der Waals surface area (Å²) >= 11 is 0. The SMILES string of the molecule is C[Si](C)(C)C([Si](C)(C)C)[Si](O)(O)[Si](O)(O)C([Si](C)(C)C)[Si](C)(C)C. The van der Waals surface area contributed by atoms with Crippen LogP contribution in [0.1, 0.15) is 0 Å². The molecule has 0 fully saturated rings. The van der Waals surface area contributed by atoms with Crippen LogP contribution in [0.3, 0.4) is 0 Å². The normalized spacial score (nSPS) is 16.2. The Bertz CT molecular complexity index is 370. The molecule has 0 saturated heterocycles. The van der Waals surface area contributed by atoms with E-state index >= 15 is 0 Å². The molecule has 10 heteroatoms. The first-order valence-corrected chi connectivity index (χ1v) is 28.1. The summed E-state index contributed by atoms with van der Waals surface area (Å²) in [5.41, 5.74) is 0. The molecule has 4 nitrogen and oxygen atoms in total. The summed E-state index contributed by atoms with van der Waals surface area (Å²) in [5.74, 6) is 0. The zero-order valence-corrected chi connectivity index (χ0v) is 23.9. The van der Waals surface area contributed by atoms with Crippen molar-refractivity contribution in [1.82, 2.24) is 0 Å². The molecule has 0 aromatic rings. The Morgan fingerprint density at radius 2 is 0.500 bits per heavy atom. The lowest BCUT2D eigenvalue weighted by atomic mass is 11.7. The Balaban J connectivity index is 6.50. The van der Waals surface area contributed by atoms with Crippen LogP contribution >= 0.6 is 0 Å². The Kier molecular flexibility index (Phi) is 7.28. The Morgan fingerprint density at radius 3 is 0.583 bits per heavy atom. The van der Waals surface area contributed by atoms with E-state index < -0.39 is 48.5 Å². The minimum atomic E-state index is -4.17. The summed E-state index contributed by atoms with van der Waals surface area (Å²) in [7, 11) is -16.2. The van der Waals surface area contributed by atoms with E-state index in [1.807, 2.05) is 0 Å². The highest BCUT2D eigenvalue weighted by molar-refractivity contribution is 7.42. The van der Waals surface area contributed by atoms with Gasteiger partial charge in [0.15, 0.2) is 0 Å². The molecule has 0 spiro atoms. The molecule has 0 heterocycles. The molecular weight excluding hydrogens is 401 g/mol. The molecule has 0 aliphatic carbocycles. The molecule has 0 aliphatic heterocycles. The Hall–Kier alpha value is 1.14. The molecule has 0 atom stereocenters. The molecule has 0 unspecified atom stereocenters. The van der Waals surface area contributed by atoms with Crippen LogP contribution in [0.5, 0.6) is 0 Å². The molecule has 0 aromatic carbocycles. The van der Waals surface area contributed by atoms with Crippen molar-refractivity contribution in [2.75, 3.05) is 0 Å². The first-order chi connectivity index (χ1) is 9.98.